The van der Waals surface area contributed by atoms with Gasteiger partial charge >= 0.3 is 0 Å². The van der Waals surface area contributed by atoms with Gasteiger partial charge in [0, 0.05) is 35.0 Å². The minimum Gasteiger partial charge on any atom is -0.378 e. The fourth-order valence-corrected chi connectivity index (χ4v) is 2.29. The summed E-state index contributed by atoms with van der Waals surface area (Å²) < 4.78 is 16.1. The molecule has 6 heteroatoms. The molecule has 0 aliphatic rings. The Morgan fingerprint density at radius 3 is 3.00 bits per heavy atom. The minimum atomic E-state index is -0.289. The fraction of sp³-hybridized carbons (Fsp3) is 0.143. The van der Waals surface area contributed by atoms with Gasteiger partial charge in [0.05, 0.1) is 11.4 Å². The molecule has 0 aliphatic heterocycles. The van der Waals surface area contributed by atoms with Gasteiger partial charge in [-0.3, -0.25) is 0 Å². The van der Waals surface area contributed by atoms with E-state index in [2.05, 4.69) is 31.3 Å². The van der Waals surface area contributed by atoms with Crippen molar-refractivity contribution in [3.05, 3.63) is 58.2 Å². The molecule has 1 N–H and O–H groups in total. The molecule has 0 saturated heterocycles. The van der Waals surface area contributed by atoms with E-state index in [1.807, 2.05) is 19.2 Å². The molecule has 2 aromatic heterocycles. The van der Waals surface area contributed by atoms with Crippen LogP contribution in [0.5, 0.6) is 0 Å². The molecule has 2 heterocycles. The number of aryl methyl sites for hydroxylation is 1. The molecule has 0 unspecified atom stereocenters. The summed E-state index contributed by atoms with van der Waals surface area (Å²) in [5.74, 6) is -0.289. The van der Waals surface area contributed by atoms with Crippen LogP contribution in [0.1, 0.15) is 11.3 Å². The Balaban J connectivity index is 1.79. The van der Waals surface area contributed by atoms with E-state index in [4.69, 9.17) is 0 Å². The standard InChI is InChI=1S/C14H12BrFN4/c1-9-4-14-18-7-10(8-20(14)19-9)6-17-13-3-2-11(15)5-12(13)16/h2-5,7-8,17H,6H2,1H3. The van der Waals surface area contributed by atoms with E-state index in [1.165, 1.54) is 6.07 Å². The van der Waals surface area contributed by atoms with Crippen molar-refractivity contribution < 1.29 is 4.39 Å². The van der Waals surface area contributed by atoms with Crippen molar-refractivity contribution in [2.75, 3.05) is 5.32 Å². The molecular formula is C14H12BrFN4. The molecule has 0 bridgehead atoms. The Labute approximate surface area is 123 Å². The van der Waals surface area contributed by atoms with Crippen LogP contribution in [0.4, 0.5) is 10.1 Å². The highest BCUT2D eigenvalue weighted by molar-refractivity contribution is 9.10. The van der Waals surface area contributed by atoms with E-state index >= 15 is 0 Å². The number of rotatable bonds is 3. The summed E-state index contributed by atoms with van der Waals surface area (Å²) >= 11 is 3.23. The van der Waals surface area contributed by atoms with Gasteiger partial charge in [0.25, 0.3) is 0 Å². The lowest BCUT2D eigenvalue weighted by atomic mass is 10.3. The van der Waals surface area contributed by atoms with Crippen molar-refractivity contribution in [2.24, 2.45) is 0 Å². The summed E-state index contributed by atoms with van der Waals surface area (Å²) in [5.41, 5.74) is 3.12. The number of fused-ring (bicyclic) bond motifs is 1. The Morgan fingerprint density at radius 1 is 1.35 bits per heavy atom. The third-order valence-corrected chi connectivity index (χ3v) is 3.40. The number of nitrogens with zero attached hydrogens (tertiary/aromatic N) is 3. The second-order valence-electron chi connectivity index (χ2n) is 4.53. The molecule has 3 rings (SSSR count). The van der Waals surface area contributed by atoms with Crippen LogP contribution in [-0.2, 0) is 6.54 Å². The van der Waals surface area contributed by atoms with Gasteiger partial charge in [0.2, 0.25) is 0 Å². The quantitative estimate of drug-likeness (QED) is 0.796. The average molecular weight is 335 g/mol. The number of hydrogen-bond acceptors (Lipinski definition) is 3. The molecule has 0 saturated carbocycles. The minimum absolute atomic E-state index is 0.289. The second kappa shape index (κ2) is 5.20. The largest absolute Gasteiger partial charge is 0.378 e. The Hall–Kier alpha value is -1.95. The molecule has 3 aromatic rings. The van der Waals surface area contributed by atoms with Crippen molar-refractivity contribution in [3.8, 4) is 0 Å². The molecule has 0 fully saturated rings. The molecule has 0 amide bonds. The van der Waals surface area contributed by atoms with Gasteiger partial charge in [-0.2, -0.15) is 5.10 Å². The van der Waals surface area contributed by atoms with Crippen LogP contribution >= 0.6 is 15.9 Å². The van der Waals surface area contributed by atoms with Gasteiger partial charge in [-0.05, 0) is 25.1 Å². The number of aromatic nitrogens is 3. The first-order chi connectivity index (χ1) is 9.61. The number of nitrogens with one attached hydrogen (secondary N) is 1. The topological polar surface area (TPSA) is 42.2 Å². The van der Waals surface area contributed by atoms with Crippen molar-refractivity contribution in [2.45, 2.75) is 13.5 Å². The highest BCUT2D eigenvalue weighted by Crippen LogP contribution is 2.19. The Morgan fingerprint density at radius 2 is 2.20 bits per heavy atom. The van der Waals surface area contributed by atoms with Crippen LogP contribution in [0, 0.1) is 12.7 Å². The van der Waals surface area contributed by atoms with Crippen molar-refractivity contribution in [3.63, 3.8) is 0 Å². The molecule has 0 spiro atoms. The lowest BCUT2D eigenvalue weighted by Gasteiger charge is -2.08. The number of hydrogen-bond donors (Lipinski definition) is 1. The summed E-state index contributed by atoms with van der Waals surface area (Å²) in [4.78, 5) is 4.31. The normalized spacial score (nSPS) is 10.9. The fourth-order valence-electron chi connectivity index (χ4n) is 1.96. The van der Waals surface area contributed by atoms with Crippen molar-refractivity contribution in [1.82, 2.24) is 14.6 Å². The highest BCUT2D eigenvalue weighted by atomic mass is 79.9. The van der Waals surface area contributed by atoms with Crippen LogP contribution in [0.3, 0.4) is 0 Å². The lowest BCUT2D eigenvalue weighted by Crippen LogP contribution is -2.03. The monoisotopic (exact) mass is 334 g/mol. The number of halogens is 2. The van der Waals surface area contributed by atoms with Crippen LogP contribution < -0.4 is 5.32 Å². The zero-order valence-electron chi connectivity index (χ0n) is 10.8. The summed E-state index contributed by atoms with van der Waals surface area (Å²) in [6.45, 7) is 2.41. The number of benzene rings is 1. The van der Waals surface area contributed by atoms with E-state index in [9.17, 15) is 4.39 Å². The summed E-state index contributed by atoms with van der Waals surface area (Å²) in [7, 11) is 0. The molecule has 0 atom stereocenters. The number of anilines is 1. The third-order valence-electron chi connectivity index (χ3n) is 2.90. The van der Waals surface area contributed by atoms with E-state index in [0.29, 0.717) is 12.2 Å². The van der Waals surface area contributed by atoms with Crippen molar-refractivity contribution in [1.29, 1.82) is 0 Å². The highest BCUT2D eigenvalue weighted by Gasteiger charge is 2.04. The molecule has 0 aliphatic carbocycles. The molecule has 102 valence electrons. The first-order valence-corrected chi connectivity index (χ1v) is 6.91. The molecule has 0 radical (unpaired) electrons. The van der Waals surface area contributed by atoms with Gasteiger partial charge in [0.15, 0.2) is 5.65 Å². The van der Waals surface area contributed by atoms with Crippen LogP contribution in [0.25, 0.3) is 5.65 Å². The zero-order chi connectivity index (χ0) is 14.1. The molecule has 4 nitrogen and oxygen atoms in total. The molecule has 20 heavy (non-hydrogen) atoms. The summed E-state index contributed by atoms with van der Waals surface area (Å²) in [6.07, 6.45) is 3.65. The van der Waals surface area contributed by atoms with Gasteiger partial charge in [-0.15, -0.1) is 0 Å². The molecule has 1 aromatic carbocycles. The van der Waals surface area contributed by atoms with Crippen LogP contribution in [0.2, 0.25) is 0 Å². The maximum atomic E-state index is 13.7. The van der Waals surface area contributed by atoms with Crippen LogP contribution in [0.15, 0.2) is 41.1 Å². The lowest BCUT2D eigenvalue weighted by molar-refractivity contribution is 0.629. The Kier molecular flexibility index (Phi) is 3.40. The average Bonchev–Trinajstić information content (AvgIpc) is 2.77. The molecular weight excluding hydrogens is 323 g/mol. The Bertz CT molecular complexity index is 769. The van der Waals surface area contributed by atoms with E-state index in [-0.39, 0.29) is 5.82 Å². The third kappa shape index (κ3) is 2.65. The second-order valence-corrected chi connectivity index (χ2v) is 5.44. The predicted molar refractivity (Wildman–Crippen MR) is 79.2 cm³/mol. The van der Waals surface area contributed by atoms with Gasteiger partial charge in [-0.1, -0.05) is 15.9 Å². The van der Waals surface area contributed by atoms with E-state index < -0.39 is 0 Å². The van der Waals surface area contributed by atoms with Gasteiger partial charge < -0.3 is 5.32 Å². The smallest absolute Gasteiger partial charge is 0.155 e. The summed E-state index contributed by atoms with van der Waals surface area (Å²) in [5, 5.41) is 7.36. The van der Waals surface area contributed by atoms with Gasteiger partial charge in [0.1, 0.15) is 5.82 Å². The van der Waals surface area contributed by atoms with E-state index in [0.717, 1.165) is 21.4 Å². The first-order valence-electron chi connectivity index (χ1n) is 6.12. The maximum Gasteiger partial charge on any atom is 0.155 e. The first kappa shape index (κ1) is 13.1. The zero-order valence-corrected chi connectivity index (χ0v) is 12.4. The maximum absolute atomic E-state index is 13.7. The van der Waals surface area contributed by atoms with Crippen LogP contribution in [-0.4, -0.2) is 14.6 Å². The SMILES string of the molecule is Cc1cc2ncc(CNc3ccc(Br)cc3F)cn2n1. The summed E-state index contributed by atoms with van der Waals surface area (Å²) in [6, 6.07) is 6.83. The predicted octanol–water partition coefficient (Wildman–Crippen LogP) is 3.55. The van der Waals surface area contributed by atoms with Gasteiger partial charge in [-0.25, -0.2) is 13.9 Å². The van der Waals surface area contributed by atoms with Crippen molar-refractivity contribution >= 4 is 27.3 Å². The van der Waals surface area contributed by atoms with E-state index in [1.54, 1.807) is 22.8 Å².